The van der Waals surface area contributed by atoms with E-state index in [9.17, 15) is 4.39 Å². The molecule has 3 aromatic heterocycles. The summed E-state index contributed by atoms with van der Waals surface area (Å²) < 4.78 is 17.7. The van der Waals surface area contributed by atoms with Gasteiger partial charge in [0.1, 0.15) is 23.8 Å². The number of halogens is 1. The van der Waals surface area contributed by atoms with Gasteiger partial charge in [-0.1, -0.05) is 26.0 Å². The molecule has 0 fully saturated rings. The van der Waals surface area contributed by atoms with Gasteiger partial charge >= 0.3 is 0 Å². The second-order valence-corrected chi connectivity index (χ2v) is 6.72. The summed E-state index contributed by atoms with van der Waals surface area (Å²) in [6.45, 7) is 4.21. The van der Waals surface area contributed by atoms with Crippen molar-refractivity contribution in [3.8, 4) is 11.3 Å². The van der Waals surface area contributed by atoms with Crippen molar-refractivity contribution >= 4 is 11.5 Å². The largest absolute Gasteiger partial charge is 0.360 e. The summed E-state index contributed by atoms with van der Waals surface area (Å²) in [5.41, 5.74) is 1.63. The minimum absolute atomic E-state index is 0.0965. The fourth-order valence-electron chi connectivity index (χ4n) is 3.10. The van der Waals surface area contributed by atoms with E-state index in [1.165, 1.54) is 12.4 Å². The first-order valence-electron chi connectivity index (χ1n) is 8.74. The van der Waals surface area contributed by atoms with Crippen LogP contribution in [0, 0.1) is 11.7 Å². The van der Waals surface area contributed by atoms with Crippen LogP contribution in [0.4, 0.5) is 10.2 Å². The minimum atomic E-state index is -0.312. The molecule has 1 atom stereocenters. The number of nitrogens with zero attached hydrogens (tertiary/aromatic N) is 6. The molecule has 27 heavy (non-hydrogen) atoms. The van der Waals surface area contributed by atoms with E-state index in [0.717, 1.165) is 5.82 Å². The van der Waals surface area contributed by atoms with Gasteiger partial charge in [-0.15, -0.1) is 0 Å². The topological polar surface area (TPSA) is 72.9 Å². The van der Waals surface area contributed by atoms with Crippen molar-refractivity contribution < 1.29 is 4.39 Å². The van der Waals surface area contributed by atoms with Crippen LogP contribution in [-0.2, 0) is 7.05 Å². The maximum atomic E-state index is 14.3. The van der Waals surface area contributed by atoms with Crippen molar-refractivity contribution in [2.24, 2.45) is 13.0 Å². The second kappa shape index (κ2) is 6.79. The number of rotatable bonds is 5. The molecule has 0 aliphatic heterocycles. The van der Waals surface area contributed by atoms with Crippen LogP contribution in [0.25, 0.3) is 16.9 Å². The van der Waals surface area contributed by atoms with Crippen LogP contribution in [0.5, 0.6) is 0 Å². The predicted octanol–water partition coefficient (Wildman–Crippen LogP) is 3.47. The molecule has 0 radical (unpaired) electrons. The Balaban J connectivity index is 1.82. The molecule has 7 nitrogen and oxygen atoms in total. The molecule has 0 bridgehead atoms. The Morgan fingerprint density at radius 2 is 1.93 bits per heavy atom. The highest BCUT2D eigenvalue weighted by Crippen LogP contribution is 2.28. The van der Waals surface area contributed by atoms with E-state index in [0.29, 0.717) is 22.7 Å². The third-order valence-electron chi connectivity index (χ3n) is 4.50. The first kappa shape index (κ1) is 17.1. The zero-order chi connectivity index (χ0) is 19.0. The van der Waals surface area contributed by atoms with E-state index in [4.69, 9.17) is 0 Å². The smallest absolute Gasteiger partial charge is 0.157 e. The van der Waals surface area contributed by atoms with Crippen molar-refractivity contribution in [2.75, 3.05) is 5.32 Å². The van der Waals surface area contributed by atoms with Crippen molar-refractivity contribution in [3.05, 3.63) is 60.6 Å². The molecule has 3 heterocycles. The Morgan fingerprint density at radius 3 is 2.63 bits per heavy atom. The molecular formula is C19H20FN7. The van der Waals surface area contributed by atoms with Gasteiger partial charge in [-0.3, -0.25) is 4.68 Å². The molecule has 0 amide bonds. The van der Waals surface area contributed by atoms with E-state index in [1.54, 1.807) is 39.7 Å². The first-order valence-corrected chi connectivity index (χ1v) is 8.74. The summed E-state index contributed by atoms with van der Waals surface area (Å²) in [6.07, 6.45) is 3.21. The number of aryl methyl sites for hydroxylation is 1. The van der Waals surface area contributed by atoms with Crippen LogP contribution in [0.3, 0.4) is 0 Å². The Hall–Kier alpha value is -3.29. The molecule has 8 heteroatoms. The lowest BCUT2D eigenvalue weighted by molar-refractivity contribution is 0.495. The average molecular weight is 365 g/mol. The number of fused-ring (bicyclic) bond motifs is 1. The summed E-state index contributed by atoms with van der Waals surface area (Å²) in [5, 5.41) is 12.0. The quantitative estimate of drug-likeness (QED) is 0.586. The lowest BCUT2D eigenvalue weighted by Gasteiger charge is -2.23. The number of aromatic nitrogens is 6. The molecular weight excluding hydrogens is 345 g/mol. The predicted molar refractivity (Wildman–Crippen MR) is 101 cm³/mol. The first-order chi connectivity index (χ1) is 13.0. The third-order valence-corrected chi connectivity index (χ3v) is 4.50. The highest BCUT2D eigenvalue weighted by molar-refractivity contribution is 5.67. The summed E-state index contributed by atoms with van der Waals surface area (Å²) in [5.74, 6) is 1.46. The van der Waals surface area contributed by atoms with Crippen LogP contribution in [0.15, 0.2) is 48.9 Å². The third kappa shape index (κ3) is 3.14. The lowest BCUT2D eigenvalue weighted by atomic mass is 10.0. The molecule has 4 rings (SSSR count). The Labute approximate surface area is 155 Å². The monoisotopic (exact) mass is 365 g/mol. The highest BCUT2D eigenvalue weighted by Gasteiger charge is 2.22. The van der Waals surface area contributed by atoms with Crippen molar-refractivity contribution in [2.45, 2.75) is 19.9 Å². The number of nitrogens with one attached hydrogen (secondary N) is 1. The van der Waals surface area contributed by atoms with Gasteiger partial charge < -0.3 is 5.32 Å². The van der Waals surface area contributed by atoms with Gasteiger partial charge in [0.25, 0.3) is 0 Å². The van der Waals surface area contributed by atoms with Gasteiger partial charge in [0.15, 0.2) is 5.65 Å². The van der Waals surface area contributed by atoms with Crippen LogP contribution in [0.1, 0.15) is 25.7 Å². The maximum Gasteiger partial charge on any atom is 0.157 e. The molecule has 4 aromatic rings. The van der Waals surface area contributed by atoms with Gasteiger partial charge in [0.05, 0.1) is 17.9 Å². The normalized spacial score (nSPS) is 12.6. The van der Waals surface area contributed by atoms with Gasteiger partial charge in [-0.05, 0) is 18.1 Å². The van der Waals surface area contributed by atoms with Crippen molar-refractivity contribution in [1.29, 1.82) is 0 Å². The summed E-state index contributed by atoms with van der Waals surface area (Å²) in [6, 6.07) is 10.1. The fraction of sp³-hybridized carbons (Fsp3) is 0.263. The highest BCUT2D eigenvalue weighted by atomic mass is 19.1. The molecule has 138 valence electrons. The molecule has 0 saturated heterocycles. The summed E-state index contributed by atoms with van der Waals surface area (Å²) in [4.78, 5) is 8.93. The Bertz CT molecular complexity index is 1080. The maximum absolute atomic E-state index is 14.3. The number of benzene rings is 1. The van der Waals surface area contributed by atoms with Gasteiger partial charge in [-0.25, -0.2) is 14.4 Å². The van der Waals surface area contributed by atoms with Gasteiger partial charge in [0.2, 0.25) is 0 Å². The summed E-state index contributed by atoms with van der Waals surface area (Å²) >= 11 is 0. The molecule has 1 unspecified atom stereocenters. The van der Waals surface area contributed by atoms with E-state index in [1.807, 2.05) is 13.1 Å². The number of anilines is 1. The van der Waals surface area contributed by atoms with Crippen molar-refractivity contribution in [1.82, 2.24) is 29.4 Å². The average Bonchev–Trinajstić information content (AvgIpc) is 3.28. The number of hydrogen-bond donors (Lipinski definition) is 1. The second-order valence-electron chi connectivity index (χ2n) is 6.72. The van der Waals surface area contributed by atoms with E-state index in [-0.39, 0.29) is 17.8 Å². The molecule has 0 aliphatic carbocycles. The van der Waals surface area contributed by atoms with Gasteiger partial charge in [0, 0.05) is 24.7 Å². The van der Waals surface area contributed by atoms with Crippen LogP contribution in [0.2, 0.25) is 0 Å². The van der Waals surface area contributed by atoms with Crippen LogP contribution in [-0.4, -0.2) is 29.4 Å². The molecule has 1 N–H and O–H groups in total. The lowest BCUT2D eigenvalue weighted by Crippen LogP contribution is -2.22. The van der Waals surface area contributed by atoms with Gasteiger partial charge in [-0.2, -0.15) is 14.7 Å². The molecule has 0 saturated carbocycles. The number of hydrogen-bond acceptors (Lipinski definition) is 5. The SMILES string of the molecule is CC(C)C(Nc1cc(-c2ccccc2F)nc2ccnn12)c1ncnn1C. The summed E-state index contributed by atoms with van der Waals surface area (Å²) in [7, 11) is 1.86. The van der Waals surface area contributed by atoms with Crippen LogP contribution >= 0.6 is 0 Å². The van der Waals surface area contributed by atoms with E-state index >= 15 is 0 Å². The Kier molecular flexibility index (Phi) is 4.31. The molecule has 1 aromatic carbocycles. The van der Waals surface area contributed by atoms with Crippen molar-refractivity contribution in [3.63, 3.8) is 0 Å². The zero-order valence-electron chi connectivity index (χ0n) is 15.3. The zero-order valence-corrected chi connectivity index (χ0v) is 15.3. The minimum Gasteiger partial charge on any atom is -0.360 e. The molecule has 0 spiro atoms. The fourth-order valence-corrected chi connectivity index (χ4v) is 3.10. The van der Waals surface area contributed by atoms with Crippen LogP contribution < -0.4 is 5.32 Å². The van der Waals surface area contributed by atoms with E-state index < -0.39 is 0 Å². The Morgan fingerprint density at radius 1 is 1.11 bits per heavy atom. The van der Waals surface area contributed by atoms with E-state index in [2.05, 4.69) is 39.3 Å². The molecule has 0 aliphatic rings. The standard InChI is InChI=1S/C19H20FN7/c1-12(2)18(19-21-11-23-26(19)3)25-17-10-15(13-6-4-5-7-14(13)20)24-16-8-9-22-27(16)17/h4-12,18,25H,1-3H3.